The number of benzene rings is 2. The molecule has 0 fully saturated rings. The van der Waals surface area contributed by atoms with E-state index >= 15 is 0 Å². The molecular formula is C17H20BrNO2. The van der Waals surface area contributed by atoms with Crippen LogP contribution in [0.25, 0.3) is 10.8 Å². The quantitative estimate of drug-likeness (QED) is 0.745. The fourth-order valence-corrected chi connectivity index (χ4v) is 2.63. The lowest BCUT2D eigenvalue weighted by Crippen LogP contribution is -2.24. The second-order valence-electron chi connectivity index (χ2n) is 5.10. The first-order chi connectivity index (χ1) is 10.2. The van der Waals surface area contributed by atoms with Crippen LogP contribution in [0, 0.1) is 0 Å². The van der Waals surface area contributed by atoms with Gasteiger partial charge in [-0.3, -0.25) is 4.79 Å². The van der Waals surface area contributed by atoms with Crippen molar-refractivity contribution in [1.29, 1.82) is 0 Å². The number of hydrogen-bond acceptors (Lipinski definition) is 2. The van der Waals surface area contributed by atoms with E-state index in [1.54, 1.807) is 0 Å². The molecule has 0 aliphatic rings. The fourth-order valence-electron chi connectivity index (χ4n) is 2.25. The number of unbranched alkanes of at least 4 members (excludes halogenated alkanes) is 3. The molecule has 21 heavy (non-hydrogen) atoms. The van der Waals surface area contributed by atoms with Crippen LogP contribution in [0.15, 0.2) is 40.9 Å². The number of hydrogen-bond donors (Lipinski definition) is 2. The smallest absolute Gasteiger partial charge is 0.251 e. The molecule has 2 aromatic carbocycles. The molecule has 2 rings (SSSR count). The summed E-state index contributed by atoms with van der Waals surface area (Å²) in [4.78, 5) is 12.1. The van der Waals surface area contributed by atoms with Gasteiger partial charge in [0, 0.05) is 23.2 Å². The van der Waals surface area contributed by atoms with Crippen molar-refractivity contribution in [3.05, 3.63) is 46.4 Å². The summed E-state index contributed by atoms with van der Waals surface area (Å²) in [5.74, 6) is -0.0259. The number of rotatable bonds is 7. The summed E-state index contributed by atoms with van der Waals surface area (Å²) in [7, 11) is 0. The maximum atomic E-state index is 12.1. The molecular weight excluding hydrogens is 330 g/mol. The van der Waals surface area contributed by atoms with Gasteiger partial charge in [-0.15, -0.1) is 0 Å². The van der Waals surface area contributed by atoms with Gasteiger partial charge in [0.2, 0.25) is 0 Å². The van der Waals surface area contributed by atoms with Crippen LogP contribution in [-0.4, -0.2) is 24.2 Å². The lowest BCUT2D eigenvalue weighted by molar-refractivity contribution is 0.0953. The van der Waals surface area contributed by atoms with Gasteiger partial charge in [0.05, 0.1) is 0 Å². The summed E-state index contributed by atoms with van der Waals surface area (Å²) in [5.41, 5.74) is 0.695. The lowest BCUT2D eigenvalue weighted by Gasteiger charge is -2.06. The number of carbonyl (C=O) groups excluding carboxylic acids is 1. The molecule has 0 heterocycles. The molecule has 1 amide bonds. The van der Waals surface area contributed by atoms with E-state index < -0.39 is 0 Å². The van der Waals surface area contributed by atoms with Crippen LogP contribution in [0.1, 0.15) is 36.0 Å². The van der Waals surface area contributed by atoms with Crippen LogP contribution in [0.2, 0.25) is 0 Å². The Kier molecular flexibility index (Phi) is 6.21. The van der Waals surface area contributed by atoms with E-state index in [0.717, 1.165) is 40.9 Å². The molecule has 0 radical (unpaired) electrons. The summed E-state index contributed by atoms with van der Waals surface area (Å²) in [6.07, 6.45) is 3.84. The van der Waals surface area contributed by atoms with Gasteiger partial charge in [-0.05, 0) is 47.9 Å². The Morgan fingerprint density at radius 1 is 1.00 bits per heavy atom. The average molecular weight is 350 g/mol. The van der Waals surface area contributed by atoms with E-state index in [4.69, 9.17) is 5.11 Å². The molecule has 3 nitrogen and oxygen atoms in total. The maximum Gasteiger partial charge on any atom is 0.251 e. The Balaban J connectivity index is 1.89. The zero-order valence-corrected chi connectivity index (χ0v) is 13.5. The molecule has 0 aliphatic heterocycles. The average Bonchev–Trinajstić information content (AvgIpc) is 2.50. The molecule has 0 saturated heterocycles. The summed E-state index contributed by atoms with van der Waals surface area (Å²) in [6, 6.07) is 11.8. The molecule has 0 unspecified atom stereocenters. The third-order valence-electron chi connectivity index (χ3n) is 3.43. The number of aliphatic hydroxyl groups is 1. The van der Waals surface area contributed by atoms with Crippen molar-refractivity contribution in [2.24, 2.45) is 0 Å². The van der Waals surface area contributed by atoms with Crippen LogP contribution < -0.4 is 5.32 Å². The van der Waals surface area contributed by atoms with Gasteiger partial charge in [0.1, 0.15) is 0 Å². The summed E-state index contributed by atoms with van der Waals surface area (Å²) in [6.45, 7) is 0.933. The van der Waals surface area contributed by atoms with Crippen LogP contribution in [0.5, 0.6) is 0 Å². The number of aliphatic hydroxyl groups excluding tert-OH is 1. The number of nitrogens with one attached hydrogen (secondary N) is 1. The van der Waals surface area contributed by atoms with Gasteiger partial charge in [-0.25, -0.2) is 0 Å². The van der Waals surface area contributed by atoms with Crippen molar-refractivity contribution < 1.29 is 9.90 Å². The largest absolute Gasteiger partial charge is 0.396 e. The Morgan fingerprint density at radius 2 is 1.71 bits per heavy atom. The Labute approximate surface area is 133 Å². The van der Waals surface area contributed by atoms with Gasteiger partial charge in [-0.2, -0.15) is 0 Å². The monoisotopic (exact) mass is 349 g/mol. The Bertz CT molecular complexity index is 613. The number of fused-ring (bicyclic) bond motifs is 1. The van der Waals surface area contributed by atoms with Gasteiger partial charge in [-0.1, -0.05) is 40.9 Å². The van der Waals surface area contributed by atoms with Crippen molar-refractivity contribution in [3.63, 3.8) is 0 Å². The van der Waals surface area contributed by atoms with Gasteiger partial charge < -0.3 is 10.4 Å². The number of amides is 1. The lowest BCUT2D eigenvalue weighted by atomic mass is 10.1. The van der Waals surface area contributed by atoms with E-state index in [1.165, 1.54) is 0 Å². The van der Waals surface area contributed by atoms with Crippen molar-refractivity contribution in [3.8, 4) is 0 Å². The normalized spacial score (nSPS) is 10.8. The molecule has 2 N–H and O–H groups in total. The van der Waals surface area contributed by atoms with E-state index in [1.807, 2.05) is 36.4 Å². The zero-order chi connectivity index (χ0) is 15.1. The van der Waals surface area contributed by atoms with Crippen LogP contribution >= 0.6 is 15.9 Å². The van der Waals surface area contributed by atoms with E-state index in [-0.39, 0.29) is 12.5 Å². The molecule has 0 saturated carbocycles. The first-order valence-corrected chi connectivity index (χ1v) is 8.08. The minimum Gasteiger partial charge on any atom is -0.396 e. The second-order valence-corrected chi connectivity index (χ2v) is 6.02. The summed E-state index contributed by atoms with van der Waals surface area (Å²) in [5, 5.41) is 13.8. The summed E-state index contributed by atoms with van der Waals surface area (Å²) < 4.78 is 1.04. The maximum absolute atomic E-state index is 12.1. The van der Waals surface area contributed by atoms with E-state index in [0.29, 0.717) is 12.1 Å². The number of halogens is 1. The molecule has 2 aromatic rings. The second kappa shape index (κ2) is 8.15. The van der Waals surface area contributed by atoms with Gasteiger partial charge in [0.25, 0.3) is 5.91 Å². The first-order valence-electron chi connectivity index (χ1n) is 7.29. The van der Waals surface area contributed by atoms with Crippen molar-refractivity contribution in [2.75, 3.05) is 13.2 Å². The minimum absolute atomic E-state index is 0.0259. The predicted octanol–water partition coefficient (Wildman–Crippen LogP) is 3.88. The minimum atomic E-state index is -0.0259. The van der Waals surface area contributed by atoms with Crippen molar-refractivity contribution in [2.45, 2.75) is 25.7 Å². The van der Waals surface area contributed by atoms with E-state index in [9.17, 15) is 4.79 Å². The van der Waals surface area contributed by atoms with E-state index in [2.05, 4.69) is 21.2 Å². The first kappa shape index (κ1) is 16.0. The molecule has 112 valence electrons. The molecule has 0 aromatic heterocycles. The Morgan fingerprint density at radius 3 is 2.52 bits per heavy atom. The standard InChI is InChI=1S/C17H20BrNO2/c18-16-8-7-13-11-15(6-5-14(13)12-16)17(21)19-9-3-1-2-4-10-20/h5-8,11-12,20H,1-4,9-10H2,(H,19,21). The molecule has 0 bridgehead atoms. The van der Waals surface area contributed by atoms with Crippen molar-refractivity contribution >= 4 is 32.6 Å². The molecule has 0 atom stereocenters. The fraction of sp³-hybridized carbons (Fsp3) is 0.353. The SMILES string of the molecule is O=C(NCCCCCCO)c1ccc2cc(Br)ccc2c1. The third-order valence-corrected chi connectivity index (χ3v) is 3.93. The predicted molar refractivity (Wildman–Crippen MR) is 89.5 cm³/mol. The topological polar surface area (TPSA) is 49.3 Å². The van der Waals surface area contributed by atoms with Crippen LogP contribution in [0.3, 0.4) is 0 Å². The highest BCUT2D eigenvalue weighted by atomic mass is 79.9. The third kappa shape index (κ3) is 4.83. The van der Waals surface area contributed by atoms with Crippen LogP contribution in [0.4, 0.5) is 0 Å². The Hall–Kier alpha value is -1.39. The zero-order valence-electron chi connectivity index (χ0n) is 11.9. The molecule has 0 aliphatic carbocycles. The molecule has 4 heteroatoms. The summed E-state index contributed by atoms with van der Waals surface area (Å²) >= 11 is 3.44. The molecule has 0 spiro atoms. The highest BCUT2D eigenvalue weighted by Gasteiger charge is 2.05. The van der Waals surface area contributed by atoms with Crippen molar-refractivity contribution in [1.82, 2.24) is 5.32 Å². The van der Waals surface area contributed by atoms with Crippen LogP contribution in [-0.2, 0) is 0 Å². The highest BCUT2D eigenvalue weighted by molar-refractivity contribution is 9.10. The van der Waals surface area contributed by atoms with Gasteiger partial charge in [0.15, 0.2) is 0 Å². The number of carbonyl (C=O) groups is 1. The highest BCUT2D eigenvalue weighted by Crippen LogP contribution is 2.20. The van der Waals surface area contributed by atoms with Gasteiger partial charge >= 0.3 is 0 Å².